The first-order chi connectivity index (χ1) is 15.6. The number of methoxy groups -OCH3 is 1. The van der Waals surface area contributed by atoms with Crippen molar-refractivity contribution in [3.63, 3.8) is 0 Å². The second-order valence-corrected chi connectivity index (χ2v) is 9.21. The van der Waals surface area contributed by atoms with Crippen molar-refractivity contribution in [3.8, 4) is 5.75 Å². The molecule has 1 saturated carbocycles. The van der Waals surface area contributed by atoms with Crippen molar-refractivity contribution >= 4 is 11.8 Å². The number of amides is 2. The number of fused-ring (bicyclic) bond motifs is 1. The molecule has 3 fully saturated rings. The molecule has 1 aliphatic carbocycles. The molecule has 0 bridgehead atoms. The fraction of sp³-hybridized carbons (Fsp3) is 0.680. The van der Waals surface area contributed by atoms with Crippen LogP contribution in [0.2, 0.25) is 0 Å². The highest BCUT2D eigenvalue weighted by Crippen LogP contribution is 2.28. The second kappa shape index (κ2) is 11.1. The molecule has 0 N–H and O–H groups in total. The normalized spacial score (nSPS) is 24.5. The van der Waals surface area contributed by atoms with Gasteiger partial charge in [0.05, 0.1) is 32.4 Å². The molecular weight excluding hydrogens is 406 g/mol. The molecule has 2 atom stereocenters. The summed E-state index contributed by atoms with van der Waals surface area (Å²) in [5.74, 6) is 1.26. The molecule has 0 aromatic heterocycles. The number of morpholine rings is 1. The lowest BCUT2D eigenvalue weighted by Crippen LogP contribution is -2.56. The fourth-order valence-corrected chi connectivity index (χ4v) is 5.27. The summed E-state index contributed by atoms with van der Waals surface area (Å²) in [6, 6.07) is 8.16. The first-order valence-corrected chi connectivity index (χ1v) is 12.2. The Balaban J connectivity index is 1.23. The van der Waals surface area contributed by atoms with E-state index in [1.807, 2.05) is 29.2 Å². The van der Waals surface area contributed by atoms with Crippen LogP contribution in [0.5, 0.6) is 5.75 Å². The van der Waals surface area contributed by atoms with Crippen molar-refractivity contribution in [1.29, 1.82) is 0 Å². The number of hydrogen-bond acceptors (Lipinski definition) is 5. The third-order valence-corrected chi connectivity index (χ3v) is 7.14. The van der Waals surface area contributed by atoms with Gasteiger partial charge in [-0.2, -0.15) is 0 Å². The van der Waals surface area contributed by atoms with Crippen LogP contribution in [0.15, 0.2) is 24.3 Å². The van der Waals surface area contributed by atoms with E-state index in [9.17, 15) is 9.59 Å². The number of nitrogens with zero attached hydrogens (tertiary/aromatic N) is 3. The highest BCUT2D eigenvalue weighted by molar-refractivity contribution is 5.79. The highest BCUT2D eigenvalue weighted by atomic mass is 16.5. The topological polar surface area (TPSA) is 62.3 Å². The Morgan fingerprint density at radius 3 is 2.59 bits per heavy atom. The fourth-order valence-electron chi connectivity index (χ4n) is 5.27. The van der Waals surface area contributed by atoms with Gasteiger partial charge in [-0.3, -0.25) is 14.5 Å². The Labute approximate surface area is 191 Å². The Morgan fingerprint density at radius 1 is 0.969 bits per heavy atom. The number of carbonyl (C=O) groups is 2. The van der Waals surface area contributed by atoms with Crippen molar-refractivity contribution in [2.75, 3.05) is 53.0 Å². The molecule has 1 aromatic carbocycles. The van der Waals surface area contributed by atoms with Crippen LogP contribution < -0.4 is 4.74 Å². The minimum absolute atomic E-state index is 0.201. The van der Waals surface area contributed by atoms with Crippen LogP contribution in [-0.2, 0) is 20.7 Å². The van der Waals surface area contributed by atoms with Crippen molar-refractivity contribution in [2.45, 2.75) is 57.1 Å². The Bertz CT molecular complexity index is 767. The molecule has 7 heteroatoms. The minimum atomic E-state index is 0.201. The van der Waals surface area contributed by atoms with Crippen LogP contribution in [-0.4, -0.2) is 91.6 Å². The summed E-state index contributed by atoms with van der Waals surface area (Å²) < 4.78 is 11.1. The highest BCUT2D eigenvalue weighted by Gasteiger charge is 2.37. The van der Waals surface area contributed by atoms with Gasteiger partial charge in [0.1, 0.15) is 5.75 Å². The van der Waals surface area contributed by atoms with Gasteiger partial charge in [-0.25, -0.2) is 0 Å². The molecule has 2 aliphatic heterocycles. The van der Waals surface area contributed by atoms with E-state index in [0.717, 1.165) is 56.6 Å². The molecule has 1 aromatic rings. The van der Waals surface area contributed by atoms with E-state index in [4.69, 9.17) is 9.47 Å². The number of carbonyl (C=O) groups excluding carboxylic acids is 2. The summed E-state index contributed by atoms with van der Waals surface area (Å²) in [4.78, 5) is 32.1. The zero-order valence-corrected chi connectivity index (χ0v) is 19.3. The lowest BCUT2D eigenvalue weighted by Gasteiger charge is -2.44. The van der Waals surface area contributed by atoms with Gasteiger partial charge in [0, 0.05) is 39.1 Å². The summed E-state index contributed by atoms with van der Waals surface area (Å²) in [5, 5.41) is 0. The Hall–Kier alpha value is -2.12. The quantitative estimate of drug-likeness (QED) is 0.675. The lowest BCUT2D eigenvalue weighted by atomic mass is 9.90. The average molecular weight is 444 g/mol. The molecule has 176 valence electrons. The van der Waals surface area contributed by atoms with Crippen LogP contribution in [0.1, 0.15) is 44.1 Å². The smallest absolute Gasteiger partial charge is 0.237 e. The molecule has 2 heterocycles. The zero-order chi connectivity index (χ0) is 22.3. The molecule has 32 heavy (non-hydrogen) atoms. The van der Waals surface area contributed by atoms with Crippen LogP contribution in [0.4, 0.5) is 0 Å². The van der Waals surface area contributed by atoms with Gasteiger partial charge in [0.15, 0.2) is 0 Å². The number of ether oxygens (including phenoxy) is 2. The molecule has 4 rings (SSSR count). The number of rotatable bonds is 6. The lowest BCUT2D eigenvalue weighted by molar-refractivity contribution is -0.150. The van der Waals surface area contributed by atoms with E-state index in [1.54, 1.807) is 7.11 Å². The SMILES string of the molecule is COc1ccc(CCC(=O)N2CCCN(CC(=O)N3CCOC4CCCCC43)CC2)cc1. The van der Waals surface area contributed by atoms with Gasteiger partial charge in [0.25, 0.3) is 0 Å². The largest absolute Gasteiger partial charge is 0.497 e. The van der Waals surface area contributed by atoms with Crippen LogP contribution in [0.25, 0.3) is 0 Å². The summed E-state index contributed by atoms with van der Waals surface area (Å²) in [7, 11) is 1.66. The number of hydrogen-bond donors (Lipinski definition) is 0. The first-order valence-electron chi connectivity index (χ1n) is 12.2. The molecular formula is C25H37N3O4. The average Bonchev–Trinajstić information content (AvgIpc) is 3.08. The van der Waals surface area contributed by atoms with Gasteiger partial charge < -0.3 is 19.3 Å². The summed E-state index contributed by atoms with van der Waals surface area (Å²) in [6.45, 7) is 4.92. The van der Waals surface area contributed by atoms with E-state index in [-0.39, 0.29) is 24.0 Å². The van der Waals surface area contributed by atoms with Crippen molar-refractivity contribution < 1.29 is 19.1 Å². The van der Waals surface area contributed by atoms with Gasteiger partial charge in [-0.1, -0.05) is 25.0 Å². The molecule has 3 aliphatic rings. The van der Waals surface area contributed by atoms with Gasteiger partial charge in [-0.05, 0) is 43.4 Å². The number of aryl methyl sites for hydroxylation is 1. The van der Waals surface area contributed by atoms with Crippen molar-refractivity contribution in [2.24, 2.45) is 0 Å². The predicted molar refractivity (Wildman–Crippen MR) is 123 cm³/mol. The van der Waals surface area contributed by atoms with Gasteiger partial charge in [-0.15, -0.1) is 0 Å². The van der Waals surface area contributed by atoms with E-state index in [0.29, 0.717) is 32.7 Å². The van der Waals surface area contributed by atoms with Crippen molar-refractivity contribution in [3.05, 3.63) is 29.8 Å². The summed E-state index contributed by atoms with van der Waals surface area (Å²) in [6.07, 6.45) is 6.92. The summed E-state index contributed by atoms with van der Waals surface area (Å²) in [5.41, 5.74) is 1.15. The Kier molecular flexibility index (Phi) is 8.03. The predicted octanol–water partition coefficient (Wildman–Crippen LogP) is 2.33. The summed E-state index contributed by atoms with van der Waals surface area (Å²) >= 11 is 0. The van der Waals surface area contributed by atoms with E-state index in [2.05, 4.69) is 9.80 Å². The van der Waals surface area contributed by atoms with E-state index in [1.165, 1.54) is 12.8 Å². The van der Waals surface area contributed by atoms with Gasteiger partial charge in [0.2, 0.25) is 11.8 Å². The Morgan fingerprint density at radius 2 is 1.78 bits per heavy atom. The minimum Gasteiger partial charge on any atom is -0.497 e. The second-order valence-electron chi connectivity index (χ2n) is 9.21. The van der Waals surface area contributed by atoms with Crippen LogP contribution >= 0.6 is 0 Å². The molecule has 7 nitrogen and oxygen atoms in total. The maximum Gasteiger partial charge on any atom is 0.237 e. The van der Waals surface area contributed by atoms with E-state index < -0.39 is 0 Å². The standard InChI is InChI=1S/C25H37N3O4/c1-31-21-10-7-20(8-11-21)9-12-24(29)27-14-4-13-26(15-16-27)19-25(30)28-17-18-32-23-6-3-2-5-22(23)28/h7-8,10-11,22-23H,2-6,9,12-19H2,1H3. The van der Waals surface area contributed by atoms with Crippen LogP contribution in [0.3, 0.4) is 0 Å². The molecule has 2 saturated heterocycles. The monoisotopic (exact) mass is 443 g/mol. The maximum atomic E-state index is 13.1. The molecule has 0 spiro atoms. The zero-order valence-electron chi connectivity index (χ0n) is 19.3. The van der Waals surface area contributed by atoms with E-state index >= 15 is 0 Å². The molecule has 0 radical (unpaired) electrons. The third kappa shape index (κ3) is 5.81. The van der Waals surface area contributed by atoms with Crippen LogP contribution in [0, 0.1) is 0 Å². The first kappa shape index (κ1) is 23.1. The van der Waals surface area contributed by atoms with Crippen molar-refractivity contribution in [1.82, 2.24) is 14.7 Å². The number of benzene rings is 1. The van der Waals surface area contributed by atoms with Gasteiger partial charge >= 0.3 is 0 Å². The molecule has 2 unspecified atom stereocenters. The molecule has 2 amide bonds. The third-order valence-electron chi connectivity index (χ3n) is 7.14. The maximum absolute atomic E-state index is 13.1.